The van der Waals surface area contributed by atoms with E-state index in [2.05, 4.69) is 4.98 Å². The van der Waals surface area contributed by atoms with E-state index in [-0.39, 0.29) is 17.3 Å². The van der Waals surface area contributed by atoms with Crippen molar-refractivity contribution in [3.63, 3.8) is 0 Å². The Labute approximate surface area is 184 Å². The molecule has 2 aromatic heterocycles. The average molecular weight is 460 g/mol. The standard InChI is InChI=1S/C21H21N3O5S2/c1-23(31(26,27)18-5-2-8-22-13-18)15-21(25)24(14-17-4-3-11-30-17)16-6-7-19-20(12-16)29-10-9-28-19/h2-8,11-13H,9-10,14-15H2,1H3. The second-order valence-electron chi connectivity index (χ2n) is 6.84. The molecular formula is C21H21N3O5S2. The Hall–Kier alpha value is -2.95. The summed E-state index contributed by atoms with van der Waals surface area (Å²) in [4.78, 5) is 19.7. The number of carbonyl (C=O) groups is 1. The molecule has 0 fully saturated rings. The fourth-order valence-electron chi connectivity index (χ4n) is 3.12. The summed E-state index contributed by atoms with van der Waals surface area (Å²) in [6.45, 7) is 0.899. The van der Waals surface area contributed by atoms with E-state index in [9.17, 15) is 13.2 Å². The van der Waals surface area contributed by atoms with Crippen molar-refractivity contribution in [2.45, 2.75) is 11.4 Å². The third-order valence-electron chi connectivity index (χ3n) is 4.73. The molecule has 3 heterocycles. The van der Waals surface area contributed by atoms with Gasteiger partial charge in [0.2, 0.25) is 15.9 Å². The minimum Gasteiger partial charge on any atom is -0.486 e. The number of hydrogen-bond acceptors (Lipinski definition) is 7. The lowest BCUT2D eigenvalue weighted by Crippen LogP contribution is -2.41. The van der Waals surface area contributed by atoms with Crippen molar-refractivity contribution in [2.75, 3.05) is 31.7 Å². The van der Waals surface area contributed by atoms with Crippen LogP contribution >= 0.6 is 11.3 Å². The number of benzene rings is 1. The Morgan fingerprint density at radius 3 is 2.65 bits per heavy atom. The molecule has 1 aliphatic rings. The predicted octanol–water partition coefficient (Wildman–Crippen LogP) is 2.77. The highest BCUT2D eigenvalue weighted by molar-refractivity contribution is 7.89. The minimum atomic E-state index is -3.84. The maximum absolute atomic E-state index is 13.3. The molecule has 0 aliphatic carbocycles. The number of ether oxygens (including phenoxy) is 2. The topological polar surface area (TPSA) is 89.0 Å². The molecule has 4 rings (SSSR count). The minimum absolute atomic E-state index is 0.0365. The van der Waals surface area contributed by atoms with Crippen LogP contribution in [-0.4, -0.2) is 50.4 Å². The second-order valence-corrected chi connectivity index (χ2v) is 9.91. The summed E-state index contributed by atoms with van der Waals surface area (Å²) in [6.07, 6.45) is 2.76. The molecular weight excluding hydrogens is 438 g/mol. The Balaban J connectivity index is 1.60. The number of nitrogens with zero attached hydrogens (tertiary/aromatic N) is 3. The van der Waals surface area contributed by atoms with Crippen LogP contribution in [-0.2, 0) is 21.4 Å². The molecule has 3 aromatic rings. The molecule has 0 bridgehead atoms. The number of pyridine rings is 1. The van der Waals surface area contributed by atoms with Gasteiger partial charge in [0.25, 0.3) is 0 Å². The normalized spacial score (nSPS) is 13.2. The van der Waals surface area contributed by atoms with E-state index in [4.69, 9.17) is 9.47 Å². The predicted molar refractivity (Wildman–Crippen MR) is 117 cm³/mol. The van der Waals surface area contributed by atoms with E-state index in [0.717, 1.165) is 9.18 Å². The molecule has 0 spiro atoms. The van der Waals surface area contributed by atoms with E-state index in [0.29, 0.717) is 36.9 Å². The largest absolute Gasteiger partial charge is 0.486 e. The van der Waals surface area contributed by atoms with Crippen molar-refractivity contribution >= 4 is 33.0 Å². The number of amides is 1. The van der Waals surface area contributed by atoms with Gasteiger partial charge in [-0.25, -0.2) is 8.42 Å². The SMILES string of the molecule is CN(CC(=O)N(Cc1cccs1)c1ccc2c(c1)OCCO2)S(=O)(=O)c1cccnc1. The third kappa shape index (κ3) is 4.71. The summed E-state index contributed by atoms with van der Waals surface area (Å²) in [5.74, 6) is 0.818. The van der Waals surface area contributed by atoms with Gasteiger partial charge in [0.15, 0.2) is 11.5 Å². The Bertz CT molecular complexity index is 1150. The number of thiophene rings is 1. The number of rotatable bonds is 7. The zero-order valence-corrected chi connectivity index (χ0v) is 18.4. The first-order valence-electron chi connectivity index (χ1n) is 9.54. The summed E-state index contributed by atoms with van der Waals surface area (Å²) in [5.41, 5.74) is 0.606. The fourth-order valence-corrected chi connectivity index (χ4v) is 4.90. The van der Waals surface area contributed by atoms with Crippen LogP contribution in [0.5, 0.6) is 11.5 Å². The van der Waals surface area contributed by atoms with Crippen molar-refractivity contribution < 1.29 is 22.7 Å². The summed E-state index contributed by atoms with van der Waals surface area (Å²) < 4.78 is 37.9. The first-order valence-corrected chi connectivity index (χ1v) is 11.9. The van der Waals surface area contributed by atoms with E-state index in [1.807, 2.05) is 17.5 Å². The number of fused-ring (bicyclic) bond motifs is 1. The number of anilines is 1. The molecule has 1 aliphatic heterocycles. The number of hydrogen-bond donors (Lipinski definition) is 0. The van der Waals surface area contributed by atoms with Crippen LogP contribution in [0.1, 0.15) is 4.88 Å². The maximum atomic E-state index is 13.3. The Morgan fingerprint density at radius 1 is 1.13 bits per heavy atom. The smallest absolute Gasteiger partial charge is 0.244 e. The Kier molecular flexibility index (Phi) is 6.21. The van der Waals surface area contributed by atoms with Crippen LogP contribution in [0, 0.1) is 0 Å². The van der Waals surface area contributed by atoms with Crippen molar-refractivity contribution in [2.24, 2.45) is 0 Å². The zero-order chi connectivity index (χ0) is 21.8. The van der Waals surface area contributed by atoms with Crippen LogP contribution in [0.3, 0.4) is 0 Å². The lowest BCUT2D eigenvalue weighted by Gasteiger charge is -2.27. The van der Waals surface area contributed by atoms with Crippen LogP contribution < -0.4 is 14.4 Å². The third-order valence-corrected chi connectivity index (χ3v) is 7.38. The molecule has 10 heteroatoms. The van der Waals surface area contributed by atoms with Crippen LogP contribution in [0.15, 0.2) is 65.1 Å². The molecule has 0 saturated heterocycles. The fraction of sp³-hybridized carbons (Fsp3) is 0.238. The molecule has 8 nitrogen and oxygen atoms in total. The van der Waals surface area contributed by atoms with Gasteiger partial charge in [-0.05, 0) is 35.7 Å². The molecule has 0 radical (unpaired) electrons. The number of likely N-dealkylation sites (N-methyl/N-ethyl adjacent to an activating group) is 1. The lowest BCUT2D eigenvalue weighted by atomic mass is 10.2. The van der Waals surface area contributed by atoms with Gasteiger partial charge < -0.3 is 14.4 Å². The van der Waals surface area contributed by atoms with Crippen LogP contribution in [0.2, 0.25) is 0 Å². The van der Waals surface area contributed by atoms with Crippen molar-refractivity contribution in [3.05, 3.63) is 65.1 Å². The molecule has 0 atom stereocenters. The van der Waals surface area contributed by atoms with Crippen molar-refractivity contribution in [1.82, 2.24) is 9.29 Å². The van der Waals surface area contributed by atoms with Gasteiger partial charge in [0.1, 0.15) is 18.1 Å². The Morgan fingerprint density at radius 2 is 1.94 bits per heavy atom. The average Bonchev–Trinajstić information content (AvgIpc) is 3.31. The van der Waals surface area contributed by atoms with Gasteiger partial charge in [0.05, 0.1) is 13.1 Å². The lowest BCUT2D eigenvalue weighted by molar-refractivity contribution is -0.118. The van der Waals surface area contributed by atoms with Gasteiger partial charge in [-0.1, -0.05) is 6.07 Å². The molecule has 0 unspecified atom stereocenters. The van der Waals surface area contributed by atoms with Crippen LogP contribution in [0.4, 0.5) is 5.69 Å². The molecule has 31 heavy (non-hydrogen) atoms. The van der Waals surface area contributed by atoms with Gasteiger partial charge in [-0.15, -0.1) is 11.3 Å². The summed E-state index contributed by atoms with van der Waals surface area (Å²) >= 11 is 1.52. The van der Waals surface area contributed by atoms with Crippen LogP contribution in [0.25, 0.3) is 0 Å². The van der Waals surface area contributed by atoms with E-state index in [1.54, 1.807) is 29.2 Å². The van der Waals surface area contributed by atoms with E-state index < -0.39 is 10.0 Å². The van der Waals surface area contributed by atoms with E-state index >= 15 is 0 Å². The van der Waals surface area contributed by atoms with Crippen molar-refractivity contribution in [1.29, 1.82) is 0 Å². The summed E-state index contributed by atoms with van der Waals surface area (Å²) in [6, 6.07) is 12.1. The molecule has 1 amide bonds. The zero-order valence-electron chi connectivity index (χ0n) is 16.8. The second kappa shape index (κ2) is 9.04. The number of sulfonamides is 1. The van der Waals surface area contributed by atoms with Gasteiger partial charge in [-0.2, -0.15) is 4.31 Å². The number of aromatic nitrogens is 1. The van der Waals surface area contributed by atoms with Gasteiger partial charge in [-0.3, -0.25) is 9.78 Å². The first kappa shape index (κ1) is 21.3. The summed E-state index contributed by atoms with van der Waals surface area (Å²) in [5, 5.41) is 1.93. The highest BCUT2D eigenvalue weighted by Crippen LogP contribution is 2.35. The first-order chi connectivity index (χ1) is 14.9. The summed E-state index contributed by atoms with van der Waals surface area (Å²) in [7, 11) is -2.46. The monoisotopic (exact) mass is 459 g/mol. The maximum Gasteiger partial charge on any atom is 0.244 e. The highest BCUT2D eigenvalue weighted by Gasteiger charge is 2.27. The van der Waals surface area contributed by atoms with Crippen molar-refractivity contribution in [3.8, 4) is 11.5 Å². The molecule has 0 saturated carbocycles. The van der Waals surface area contributed by atoms with E-state index in [1.165, 1.54) is 36.8 Å². The highest BCUT2D eigenvalue weighted by atomic mass is 32.2. The quantitative estimate of drug-likeness (QED) is 0.540. The van der Waals surface area contributed by atoms with Gasteiger partial charge >= 0.3 is 0 Å². The molecule has 162 valence electrons. The van der Waals surface area contributed by atoms with Gasteiger partial charge in [0, 0.05) is 36.1 Å². The number of carbonyl (C=O) groups excluding carboxylic acids is 1. The molecule has 0 N–H and O–H groups in total. The molecule has 1 aromatic carbocycles.